The number of epoxide rings is 1. The summed E-state index contributed by atoms with van der Waals surface area (Å²) in [5.74, 6) is 0.639. The van der Waals surface area contributed by atoms with Gasteiger partial charge in [0, 0.05) is 0 Å². The third-order valence-electron chi connectivity index (χ3n) is 3.65. The number of hydrogen-bond acceptors (Lipinski definition) is 2. The molecule has 1 saturated carbocycles. The molecule has 2 heteroatoms. The normalized spacial score (nSPS) is 44.0. The van der Waals surface area contributed by atoms with Crippen LogP contribution in [-0.2, 0) is 4.74 Å². The van der Waals surface area contributed by atoms with Crippen LogP contribution in [0.3, 0.4) is 0 Å². The highest BCUT2D eigenvalue weighted by molar-refractivity contribution is 5.16. The molecule has 2 nitrogen and oxygen atoms in total. The van der Waals surface area contributed by atoms with Crippen molar-refractivity contribution in [1.82, 2.24) is 0 Å². The van der Waals surface area contributed by atoms with Crippen LogP contribution in [-0.4, -0.2) is 11.7 Å². The van der Waals surface area contributed by atoms with Crippen molar-refractivity contribution < 1.29 is 4.74 Å². The molecule has 3 unspecified atom stereocenters. The molecule has 0 aromatic heterocycles. The second-order valence-electron chi connectivity index (χ2n) is 4.29. The van der Waals surface area contributed by atoms with E-state index in [4.69, 9.17) is 10.00 Å². The fourth-order valence-electron chi connectivity index (χ4n) is 2.79. The molecule has 0 N–H and O–H groups in total. The molecule has 2 fully saturated rings. The Morgan fingerprint density at radius 1 is 1.46 bits per heavy atom. The number of ether oxygens (including phenoxy) is 1. The van der Waals surface area contributed by atoms with Crippen molar-refractivity contribution >= 4 is 0 Å². The quantitative estimate of drug-likeness (QED) is 0.580. The van der Waals surface area contributed by atoms with Gasteiger partial charge in [-0.1, -0.05) is 32.6 Å². The molecule has 2 rings (SSSR count). The molecule has 1 saturated heterocycles. The monoisotopic (exact) mass is 179 g/mol. The van der Waals surface area contributed by atoms with Gasteiger partial charge in [0.25, 0.3) is 0 Å². The molecule has 0 amide bonds. The van der Waals surface area contributed by atoms with Gasteiger partial charge in [-0.2, -0.15) is 5.26 Å². The highest BCUT2D eigenvalue weighted by Gasteiger charge is 2.60. The molecule has 3 atom stereocenters. The van der Waals surface area contributed by atoms with Crippen molar-refractivity contribution in [3.8, 4) is 6.07 Å². The fourth-order valence-corrected chi connectivity index (χ4v) is 2.79. The van der Waals surface area contributed by atoms with Gasteiger partial charge < -0.3 is 4.74 Å². The number of nitrogens with zero attached hydrogens (tertiary/aromatic N) is 1. The van der Waals surface area contributed by atoms with Crippen LogP contribution in [0.15, 0.2) is 0 Å². The summed E-state index contributed by atoms with van der Waals surface area (Å²) in [5.41, 5.74) is -0.0139. The highest BCUT2D eigenvalue weighted by atomic mass is 16.6. The molecule has 1 heterocycles. The molecule has 1 aliphatic heterocycles. The van der Waals surface area contributed by atoms with Crippen molar-refractivity contribution in [2.75, 3.05) is 0 Å². The standard InChI is InChI=1S/C11H17NO/c1-2-9-6-4-3-5-7-11(9)10(8-12)13-11/h9-10H,2-7H2,1H3. The van der Waals surface area contributed by atoms with Crippen LogP contribution in [0.1, 0.15) is 45.4 Å². The third kappa shape index (κ3) is 1.36. The minimum atomic E-state index is -0.0875. The maximum Gasteiger partial charge on any atom is 0.173 e. The van der Waals surface area contributed by atoms with Gasteiger partial charge in [-0.25, -0.2) is 0 Å². The molecule has 0 aromatic rings. The Bertz CT molecular complexity index is 233. The molecule has 0 bridgehead atoms. The summed E-state index contributed by atoms with van der Waals surface area (Å²) < 4.78 is 5.62. The molecular formula is C11H17NO. The smallest absolute Gasteiger partial charge is 0.173 e. The summed E-state index contributed by atoms with van der Waals surface area (Å²) in [4.78, 5) is 0. The van der Waals surface area contributed by atoms with Crippen LogP contribution in [0.25, 0.3) is 0 Å². The van der Waals surface area contributed by atoms with E-state index in [1.165, 1.54) is 25.7 Å². The van der Waals surface area contributed by atoms with Gasteiger partial charge in [-0.3, -0.25) is 0 Å². The van der Waals surface area contributed by atoms with Crippen LogP contribution >= 0.6 is 0 Å². The Morgan fingerprint density at radius 3 is 2.92 bits per heavy atom. The van der Waals surface area contributed by atoms with Gasteiger partial charge >= 0.3 is 0 Å². The van der Waals surface area contributed by atoms with Crippen molar-refractivity contribution in [3.05, 3.63) is 0 Å². The SMILES string of the molecule is CCC1CCCCCC12OC2C#N. The zero-order valence-corrected chi connectivity index (χ0v) is 8.25. The van der Waals surface area contributed by atoms with Gasteiger partial charge in [0.1, 0.15) is 5.60 Å². The Kier molecular flexibility index (Phi) is 2.29. The van der Waals surface area contributed by atoms with Crippen LogP contribution in [0, 0.1) is 17.2 Å². The fraction of sp³-hybridized carbons (Fsp3) is 0.909. The molecule has 0 aromatic carbocycles. The molecule has 0 radical (unpaired) electrons. The van der Waals surface area contributed by atoms with E-state index in [0.717, 1.165) is 12.8 Å². The number of nitriles is 1. The first kappa shape index (κ1) is 9.02. The predicted molar refractivity (Wildman–Crippen MR) is 50.1 cm³/mol. The second kappa shape index (κ2) is 3.31. The minimum Gasteiger partial charge on any atom is -0.350 e. The molecule has 1 spiro atoms. The molecule has 13 heavy (non-hydrogen) atoms. The zero-order valence-electron chi connectivity index (χ0n) is 8.25. The lowest BCUT2D eigenvalue weighted by atomic mass is 9.83. The van der Waals surface area contributed by atoms with E-state index in [1.54, 1.807) is 0 Å². The number of rotatable bonds is 1. The first-order valence-corrected chi connectivity index (χ1v) is 5.41. The Morgan fingerprint density at radius 2 is 2.31 bits per heavy atom. The van der Waals surface area contributed by atoms with Crippen LogP contribution < -0.4 is 0 Å². The predicted octanol–water partition coefficient (Wildman–Crippen LogP) is 2.64. The van der Waals surface area contributed by atoms with E-state index >= 15 is 0 Å². The van der Waals surface area contributed by atoms with Gasteiger partial charge in [0.15, 0.2) is 6.10 Å². The lowest BCUT2D eigenvalue weighted by Crippen LogP contribution is -2.25. The second-order valence-corrected chi connectivity index (χ2v) is 4.29. The zero-order chi connectivity index (χ0) is 9.31. The molecule has 2 aliphatic rings. The van der Waals surface area contributed by atoms with Gasteiger partial charge in [-0.05, 0) is 18.8 Å². The van der Waals surface area contributed by atoms with E-state index in [-0.39, 0.29) is 11.7 Å². The van der Waals surface area contributed by atoms with E-state index in [1.807, 2.05) is 0 Å². The lowest BCUT2D eigenvalue weighted by molar-refractivity contribution is 0.199. The van der Waals surface area contributed by atoms with E-state index in [9.17, 15) is 0 Å². The maximum absolute atomic E-state index is 8.85. The highest BCUT2D eigenvalue weighted by Crippen LogP contribution is 2.51. The van der Waals surface area contributed by atoms with Crippen molar-refractivity contribution in [2.45, 2.75) is 57.2 Å². The van der Waals surface area contributed by atoms with Crippen molar-refractivity contribution in [2.24, 2.45) is 5.92 Å². The van der Waals surface area contributed by atoms with E-state index in [2.05, 4.69) is 13.0 Å². The Labute approximate surface area is 79.9 Å². The summed E-state index contributed by atoms with van der Waals surface area (Å²) in [6.45, 7) is 2.22. The first-order valence-electron chi connectivity index (χ1n) is 5.41. The molecule has 72 valence electrons. The third-order valence-corrected chi connectivity index (χ3v) is 3.65. The largest absolute Gasteiger partial charge is 0.350 e. The summed E-state index contributed by atoms with van der Waals surface area (Å²) in [7, 11) is 0. The average molecular weight is 179 g/mol. The van der Waals surface area contributed by atoms with Crippen LogP contribution in [0.2, 0.25) is 0 Å². The molecule has 1 aliphatic carbocycles. The summed E-state index contributed by atoms with van der Waals surface area (Å²) in [6, 6.07) is 2.27. The average Bonchev–Trinajstić information content (AvgIpc) is 2.90. The van der Waals surface area contributed by atoms with Gasteiger partial charge in [0.05, 0.1) is 6.07 Å². The summed E-state index contributed by atoms with van der Waals surface area (Å²) >= 11 is 0. The topological polar surface area (TPSA) is 36.3 Å². The van der Waals surface area contributed by atoms with Crippen molar-refractivity contribution in [3.63, 3.8) is 0 Å². The molecular weight excluding hydrogens is 162 g/mol. The Hall–Kier alpha value is -0.550. The van der Waals surface area contributed by atoms with Crippen molar-refractivity contribution in [1.29, 1.82) is 5.26 Å². The maximum atomic E-state index is 8.85. The number of hydrogen-bond donors (Lipinski definition) is 0. The van der Waals surface area contributed by atoms with Crippen LogP contribution in [0.5, 0.6) is 0 Å². The van der Waals surface area contributed by atoms with Gasteiger partial charge in [-0.15, -0.1) is 0 Å². The van der Waals surface area contributed by atoms with Crippen LogP contribution in [0.4, 0.5) is 0 Å². The van der Waals surface area contributed by atoms with Gasteiger partial charge in [0.2, 0.25) is 0 Å². The first-order chi connectivity index (χ1) is 6.33. The van der Waals surface area contributed by atoms with E-state index in [0.29, 0.717) is 5.92 Å². The summed E-state index contributed by atoms with van der Waals surface area (Å²) in [6.07, 6.45) is 7.34. The Balaban J connectivity index is 2.10. The summed E-state index contributed by atoms with van der Waals surface area (Å²) in [5, 5.41) is 8.85. The minimum absolute atomic E-state index is 0.0139. The van der Waals surface area contributed by atoms with E-state index < -0.39 is 0 Å². The lowest BCUT2D eigenvalue weighted by Gasteiger charge is -2.19.